The van der Waals surface area contributed by atoms with Gasteiger partial charge in [0.25, 0.3) is 0 Å². The standard InChI is InChI=1S/C12H16BrNO/c1-3-9(2)14-12(15)8-10-4-6-11(13)7-5-10/h4-7,9H,3,8H2,1-2H3,(H,14,15). The van der Waals surface area contributed by atoms with Crippen LogP contribution in [0.2, 0.25) is 0 Å². The van der Waals surface area contributed by atoms with E-state index in [9.17, 15) is 4.79 Å². The van der Waals surface area contributed by atoms with Crippen molar-refractivity contribution in [3.8, 4) is 0 Å². The monoisotopic (exact) mass is 269 g/mol. The van der Waals surface area contributed by atoms with Gasteiger partial charge >= 0.3 is 0 Å². The Balaban J connectivity index is 2.48. The average Bonchev–Trinajstić information content (AvgIpc) is 2.21. The second-order valence-electron chi connectivity index (χ2n) is 3.68. The van der Waals surface area contributed by atoms with E-state index in [1.807, 2.05) is 31.2 Å². The predicted octanol–water partition coefficient (Wildman–Crippen LogP) is 2.91. The van der Waals surface area contributed by atoms with E-state index in [0.29, 0.717) is 6.42 Å². The zero-order valence-electron chi connectivity index (χ0n) is 9.09. The van der Waals surface area contributed by atoms with Crippen LogP contribution >= 0.6 is 15.9 Å². The molecule has 3 heteroatoms. The molecular formula is C12H16BrNO. The predicted molar refractivity (Wildman–Crippen MR) is 65.7 cm³/mol. The maximum Gasteiger partial charge on any atom is 0.224 e. The van der Waals surface area contributed by atoms with Crippen LogP contribution in [0.15, 0.2) is 28.7 Å². The second-order valence-corrected chi connectivity index (χ2v) is 4.60. The number of halogens is 1. The number of hydrogen-bond donors (Lipinski definition) is 1. The molecule has 0 heterocycles. The lowest BCUT2D eigenvalue weighted by Crippen LogP contribution is -2.33. The number of amides is 1. The van der Waals surface area contributed by atoms with Crippen molar-refractivity contribution in [3.05, 3.63) is 34.3 Å². The summed E-state index contributed by atoms with van der Waals surface area (Å²) in [5.41, 5.74) is 1.04. The highest BCUT2D eigenvalue weighted by molar-refractivity contribution is 9.10. The van der Waals surface area contributed by atoms with Crippen LogP contribution in [0.5, 0.6) is 0 Å². The van der Waals surface area contributed by atoms with Gasteiger partial charge < -0.3 is 5.32 Å². The van der Waals surface area contributed by atoms with Crippen molar-refractivity contribution in [1.82, 2.24) is 5.32 Å². The summed E-state index contributed by atoms with van der Waals surface area (Å²) in [7, 11) is 0. The van der Waals surface area contributed by atoms with Crippen LogP contribution in [0.1, 0.15) is 25.8 Å². The van der Waals surface area contributed by atoms with Crippen LogP contribution in [0.25, 0.3) is 0 Å². The summed E-state index contributed by atoms with van der Waals surface area (Å²) in [6.07, 6.45) is 1.42. The third-order valence-electron chi connectivity index (χ3n) is 2.30. The highest BCUT2D eigenvalue weighted by atomic mass is 79.9. The van der Waals surface area contributed by atoms with E-state index < -0.39 is 0 Å². The first-order valence-corrected chi connectivity index (χ1v) is 5.95. The molecule has 2 nitrogen and oxygen atoms in total. The number of carbonyl (C=O) groups is 1. The Kier molecular flexibility index (Phi) is 4.82. The van der Waals surface area contributed by atoms with Crippen molar-refractivity contribution in [2.24, 2.45) is 0 Å². The fourth-order valence-electron chi connectivity index (χ4n) is 1.22. The molecule has 1 unspecified atom stereocenters. The van der Waals surface area contributed by atoms with Gasteiger partial charge in [0.2, 0.25) is 5.91 Å². The van der Waals surface area contributed by atoms with Gasteiger partial charge in [-0.2, -0.15) is 0 Å². The van der Waals surface area contributed by atoms with Gasteiger partial charge in [-0.1, -0.05) is 35.0 Å². The quantitative estimate of drug-likeness (QED) is 0.895. The van der Waals surface area contributed by atoms with Crippen LogP contribution < -0.4 is 5.32 Å². The van der Waals surface area contributed by atoms with E-state index in [0.717, 1.165) is 16.5 Å². The molecule has 82 valence electrons. The van der Waals surface area contributed by atoms with Crippen LogP contribution in [0, 0.1) is 0 Å². The summed E-state index contributed by atoms with van der Waals surface area (Å²) >= 11 is 3.36. The Bertz CT molecular complexity index is 321. The maximum atomic E-state index is 11.5. The first kappa shape index (κ1) is 12.2. The summed E-state index contributed by atoms with van der Waals surface area (Å²) in [4.78, 5) is 11.5. The molecular weight excluding hydrogens is 254 g/mol. The maximum absolute atomic E-state index is 11.5. The largest absolute Gasteiger partial charge is 0.353 e. The van der Waals surface area contributed by atoms with E-state index in [1.165, 1.54) is 0 Å². The molecule has 0 saturated heterocycles. The Morgan fingerprint density at radius 3 is 2.53 bits per heavy atom. The van der Waals surface area contributed by atoms with Gasteiger partial charge in [0.15, 0.2) is 0 Å². The molecule has 15 heavy (non-hydrogen) atoms. The Morgan fingerprint density at radius 2 is 2.00 bits per heavy atom. The van der Waals surface area contributed by atoms with Crippen molar-refractivity contribution in [2.45, 2.75) is 32.7 Å². The fraction of sp³-hybridized carbons (Fsp3) is 0.417. The number of benzene rings is 1. The van der Waals surface area contributed by atoms with Crippen molar-refractivity contribution >= 4 is 21.8 Å². The van der Waals surface area contributed by atoms with Crippen LogP contribution in [0.3, 0.4) is 0 Å². The minimum Gasteiger partial charge on any atom is -0.353 e. The summed E-state index contributed by atoms with van der Waals surface area (Å²) in [5.74, 6) is 0.0895. The van der Waals surface area contributed by atoms with Gasteiger partial charge in [-0.25, -0.2) is 0 Å². The molecule has 0 aromatic heterocycles. The van der Waals surface area contributed by atoms with Crippen molar-refractivity contribution in [2.75, 3.05) is 0 Å². The van der Waals surface area contributed by atoms with Crippen molar-refractivity contribution in [3.63, 3.8) is 0 Å². The molecule has 1 atom stereocenters. The van der Waals surface area contributed by atoms with Crippen LogP contribution in [-0.2, 0) is 11.2 Å². The topological polar surface area (TPSA) is 29.1 Å². The highest BCUT2D eigenvalue weighted by Gasteiger charge is 2.05. The van der Waals surface area contributed by atoms with Crippen molar-refractivity contribution in [1.29, 1.82) is 0 Å². The Hall–Kier alpha value is -0.830. The van der Waals surface area contributed by atoms with E-state index in [2.05, 4.69) is 28.2 Å². The zero-order chi connectivity index (χ0) is 11.3. The lowest BCUT2D eigenvalue weighted by molar-refractivity contribution is -0.121. The molecule has 0 fully saturated rings. The van der Waals surface area contributed by atoms with Gasteiger partial charge in [-0.3, -0.25) is 4.79 Å². The molecule has 1 N–H and O–H groups in total. The number of rotatable bonds is 4. The third kappa shape index (κ3) is 4.47. The normalized spacial score (nSPS) is 12.2. The summed E-state index contributed by atoms with van der Waals surface area (Å²) < 4.78 is 1.04. The number of carbonyl (C=O) groups excluding carboxylic acids is 1. The van der Waals surface area contributed by atoms with Crippen molar-refractivity contribution < 1.29 is 4.79 Å². The molecule has 1 amide bonds. The molecule has 0 aliphatic heterocycles. The molecule has 0 aliphatic carbocycles. The van der Waals surface area contributed by atoms with Gasteiger partial charge in [0, 0.05) is 10.5 Å². The first-order chi connectivity index (χ1) is 7.11. The van der Waals surface area contributed by atoms with Crippen LogP contribution in [-0.4, -0.2) is 11.9 Å². The molecule has 1 aromatic carbocycles. The first-order valence-electron chi connectivity index (χ1n) is 5.15. The van der Waals surface area contributed by atoms with Gasteiger partial charge in [-0.15, -0.1) is 0 Å². The molecule has 1 aromatic rings. The smallest absolute Gasteiger partial charge is 0.224 e. The van der Waals surface area contributed by atoms with E-state index in [4.69, 9.17) is 0 Å². The van der Waals surface area contributed by atoms with E-state index in [-0.39, 0.29) is 11.9 Å². The number of nitrogens with one attached hydrogen (secondary N) is 1. The molecule has 0 saturated carbocycles. The fourth-order valence-corrected chi connectivity index (χ4v) is 1.48. The SMILES string of the molecule is CCC(C)NC(=O)Cc1ccc(Br)cc1. The number of hydrogen-bond acceptors (Lipinski definition) is 1. The summed E-state index contributed by atoms with van der Waals surface area (Å²) in [6.45, 7) is 4.07. The third-order valence-corrected chi connectivity index (χ3v) is 2.83. The lowest BCUT2D eigenvalue weighted by atomic mass is 10.1. The molecule has 0 radical (unpaired) electrons. The minimum absolute atomic E-state index is 0.0895. The summed E-state index contributed by atoms with van der Waals surface area (Å²) in [5, 5.41) is 2.94. The van der Waals surface area contributed by atoms with Gasteiger partial charge in [0.05, 0.1) is 6.42 Å². The molecule has 0 spiro atoms. The Labute approximate surface area is 99.2 Å². The second kappa shape index (κ2) is 5.91. The molecule has 0 aliphatic rings. The molecule has 0 bridgehead atoms. The lowest BCUT2D eigenvalue weighted by Gasteiger charge is -2.11. The van der Waals surface area contributed by atoms with Gasteiger partial charge in [-0.05, 0) is 31.0 Å². The highest BCUT2D eigenvalue weighted by Crippen LogP contribution is 2.10. The summed E-state index contributed by atoms with van der Waals surface area (Å²) in [6, 6.07) is 8.08. The van der Waals surface area contributed by atoms with E-state index >= 15 is 0 Å². The van der Waals surface area contributed by atoms with E-state index in [1.54, 1.807) is 0 Å². The zero-order valence-corrected chi connectivity index (χ0v) is 10.7. The van der Waals surface area contributed by atoms with Gasteiger partial charge in [0.1, 0.15) is 0 Å². The van der Waals surface area contributed by atoms with Crippen LogP contribution in [0.4, 0.5) is 0 Å². The Morgan fingerprint density at radius 1 is 1.40 bits per heavy atom. The minimum atomic E-state index is 0.0895. The molecule has 1 rings (SSSR count). The average molecular weight is 270 g/mol.